The van der Waals surface area contributed by atoms with Gasteiger partial charge in [-0.15, -0.1) is 0 Å². The molecule has 1 amide bonds. The average Bonchev–Trinajstić information content (AvgIpc) is 2.81. The molecule has 0 spiro atoms. The van der Waals surface area contributed by atoms with Gasteiger partial charge in [-0.05, 0) is 36.4 Å². The van der Waals surface area contributed by atoms with E-state index in [-0.39, 0.29) is 17.8 Å². The van der Waals surface area contributed by atoms with Gasteiger partial charge in [-0.1, -0.05) is 36.4 Å². The lowest BCUT2D eigenvalue weighted by Crippen LogP contribution is -3.16. The summed E-state index contributed by atoms with van der Waals surface area (Å²) in [6.07, 6.45) is 0. The Morgan fingerprint density at radius 2 is 1.71 bits per heavy atom. The third kappa shape index (κ3) is 5.03. The van der Waals surface area contributed by atoms with Gasteiger partial charge >= 0.3 is 0 Å². The quantitative estimate of drug-likeness (QED) is 0.645. The second kappa shape index (κ2) is 9.62. The van der Waals surface area contributed by atoms with Crippen molar-refractivity contribution in [3.8, 4) is 5.75 Å². The molecule has 5 nitrogen and oxygen atoms in total. The molecule has 3 aromatic carbocycles. The number of hydrogen-bond acceptors (Lipinski definition) is 3. The van der Waals surface area contributed by atoms with Crippen molar-refractivity contribution in [2.75, 3.05) is 43.5 Å². The topological polar surface area (TPSA) is 46.0 Å². The molecule has 0 aromatic heterocycles. The fourth-order valence-electron chi connectivity index (χ4n) is 4.13. The average molecular weight is 421 g/mol. The van der Waals surface area contributed by atoms with Gasteiger partial charge in [0.1, 0.15) is 11.6 Å². The van der Waals surface area contributed by atoms with Crippen molar-refractivity contribution >= 4 is 17.3 Å². The number of nitrogens with one attached hydrogen (secondary N) is 2. The summed E-state index contributed by atoms with van der Waals surface area (Å²) in [5.74, 6) is 0.436. The molecule has 0 bridgehead atoms. The molecule has 160 valence electrons. The maximum absolute atomic E-state index is 13.4. The number of rotatable bonds is 6. The van der Waals surface area contributed by atoms with Gasteiger partial charge in [-0.3, -0.25) is 4.79 Å². The number of ether oxygens (including phenoxy) is 1. The number of hydrogen-bond donors (Lipinski definition) is 2. The van der Waals surface area contributed by atoms with Gasteiger partial charge in [0.2, 0.25) is 0 Å². The van der Waals surface area contributed by atoms with E-state index in [0.717, 1.165) is 43.1 Å². The summed E-state index contributed by atoms with van der Waals surface area (Å²) in [6.45, 7) is 3.22. The summed E-state index contributed by atoms with van der Waals surface area (Å²) in [5, 5.41) is 3.07. The van der Waals surface area contributed by atoms with Gasteiger partial charge < -0.3 is 19.9 Å². The lowest BCUT2D eigenvalue weighted by Gasteiger charge is -2.37. The van der Waals surface area contributed by atoms with Crippen LogP contribution in [0.2, 0.25) is 0 Å². The maximum Gasteiger partial charge on any atom is 0.287 e. The van der Waals surface area contributed by atoms with E-state index >= 15 is 0 Å². The lowest BCUT2D eigenvalue weighted by atomic mass is 10.0. The molecule has 1 atom stereocenters. The van der Waals surface area contributed by atoms with E-state index < -0.39 is 0 Å². The summed E-state index contributed by atoms with van der Waals surface area (Å²) in [4.78, 5) is 16.8. The molecule has 6 heteroatoms. The predicted molar refractivity (Wildman–Crippen MR) is 120 cm³/mol. The van der Waals surface area contributed by atoms with Crippen LogP contribution >= 0.6 is 0 Å². The number of halogens is 1. The monoisotopic (exact) mass is 420 g/mol. The highest BCUT2D eigenvalue weighted by molar-refractivity contribution is 5.94. The zero-order valence-electron chi connectivity index (χ0n) is 17.6. The minimum absolute atomic E-state index is 0.0373. The van der Waals surface area contributed by atoms with E-state index in [1.165, 1.54) is 17.0 Å². The van der Waals surface area contributed by atoms with E-state index in [9.17, 15) is 9.18 Å². The van der Waals surface area contributed by atoms with Gasteiger partial charge in [0, 0.05) is 23.0 Å². The maximum atomic E-state index is 13.4. The minimum Gasteiger partial charge on any atom is -0.497 e. The van der Waals surface area contributed by atoms with Gasteiger partial charge in [0.05, 0.1) is 33.3 Å². The number of amides is 1. The number of benzene rings is 3. The van der Waals surface area contributed by atoms with Crippen molar-refractivity contribution in [1.29, 1.82) is 0 Å². The van der Waals surface area contributed by atoms with Crippen LogP contribution in [0.1, 0.15) is 11.6 Å². The van der Waals surface area contributed by atoms with E-state index in [4.69, 9.17) is 4.74 Å². The van der Waals surface area contributed by atoms with Gasteiger partial charge in [-0.2, -0.15) is 0 Å². The number of carbonyl (C=O) groups excluding carboxylic acids is 1. The minimum atomic E-state index is -0.317. The van der Waals surface area contributed by atoms with E-state index in [1.54, 1.807) is 7.11 Å². The van der Waals surface area contributed by atoms with Crippen LogP contribution in [0.25, 0.3) is 0 Å². The predicted octanol–water partition coefficient (Wildman–Crippen LogP) is 2.92. The summed E-state index contributed by atoms with van der Waals surface area (Å²) in [5.41, 5.74) is 2.72. The molecule has 1 aliphatic rings. The fourth-order valence-corrected chi connectivity index (χ4v) is 4.13. The molecule has 1 saturated heterocycles. The second-order valence-electron chi connectivity index (χ2n) is 7.69. The molecule has 2 N–H and O–H groups in total. The summed E-state index contributed by atoms with van der Waals surface area (Å²) in [7, 11) is 1.61. The van der Waals surface area contributed by atoms with Crippen molar-refractivity contribution in [3.63, 3.8) is 0 Å². The molecular formula is C25H27FN3O2+. The van der Waals surface area contributed by atoms with Gasteiger partial charge in [0.15, 0.2) is 6.04 Å². The Hall–Kier alpha value is -3.38. The molecule has 1 aliphatic heterocycles. The van der Waals surface area contributed by atoms with Crippen LogP contribution in [0.15, 0.2) is 78.9 Å². The zero-order valence-corrected chi connectivity index (χ0v) is 17.6. The first-order valence-corrected chi connectivity index (χ1v) is 10.5. The van der Waals surface area contributed by atoms with Crippen LogP contribution in [0, 0.1) is 5.82 Å². The van der Waals surface area contributed by atoms with Crippen molar-refractivity contribution in [1.82, 2.24) is 0 Å². The standard InChI is InChI=1S/C25H26FN3O2/c1-31-23-9-5-8-21(18-23)27-25(30)24(19-6-3-2-4-7-19)29-16-14-28(15-17-29)22-12-10-20(26)11-13-22/h2-13,18,24H,14-17H2,1H3,(H,27,30)/p+1/t24-/m0/s1. The fraction of sp³-hybridized carbons (Fsp3) is 0.240. The number of carbonyl (C=O) groups is 1. The van der Waals surface area contributed by atoms with Crippen LogP contribution in [0.4, 0.5) is 15.8 Å². The van der Waals surface area contributed by atoms with Crippen molar-refractivity contribution in [2.24, 2.45) is 0 Å². The molecule has 31 heavy (non-hydrogen) atoms. The Bertz CT molecular complexity index is 1000. The van der Waals surface area contributed by atoms with Crippen LogP contribution < -0.4 is 19.9 Å². The summed E-state index contributed by atoms with van der Waals surface area (Å²) >= 11 is 0. The number of methoxy groups -OCH3 is 1. The molecule has 3 aromatic rings. The Labute approximate surface area is 182 Å². The molecule has 0 aliphatic carbocycles. The molecular weight excluding hydrogens is 393 g/mol. The smallest absolute Gasteiger partial charge is 0.287 e. The highest BCUT2D eigenvalue weighted by Gasteiger charge is 2.34. The molecule has 1 fully saturated rings. The first-order chi connectivity index (χ1) is 15.1. The van der Waals surface area contributed by atoms with Gasteiger partial charge in [0.25, 0.3) is 5.91 Å². The molecule has 0 unspecified atom stereocenters. The first kappa shape index (κ1) is 20.9. The van der Waals surface area contributed by atoms with Gasteiger partial charge in [-0.25, -0.2) is 4.39 Å². The van der Waals surface area contributed by atoms with Crippen molar-refractivity contribution < 1.29 is 18.8 Å². The number of quaternary nitrogens is 1. The second-order valence-corrected chi connectivity index (χ2v) is 7.69. The van der Waals surface area contributed by atoms with Crippen LogP contribution in [-0.4, -0.2) is 39.2 Å². The summed E-state index contributed by atoms with van der Waals surface area (Å²) in [6, 6.07) is 23.6. The summed E-state index contributed by atoms with van der Waals surface area (Å²) < 4.78 is 18.5. The van der Waals surface area contributed by atoms with E-state index in [1.807, 2.05) is 66.7 Å². The van der Waals surface area contributed by atoms with Crippen molar-refractivity contribution in [3.05, 3.63) is 90.2 Å². The van der Waals surface area contributed by atoms with Crippen LogP contribution in [0.3, 0.4) is 0 Å². The highest BCUT2D eigenvalue weighted by atomic mass is 19.1. The SMILES string of the molecule is COc1cccc(NC(=O)[C@H](c2ccccc2)[NH+]2CCN(c3ccc(F)cc3)CC2)c1. The number of nitrogens with zero attached hydrogens (tertiary/aromatic N) is 1. The Morgan fingerprint density at radius 3 is 2.39 bits per heavy atom. The molecule has 0 saturated carbocycles. The van der Waals surface area contributed by atoms with E-state index in [0.29, 0.717) is 5.75 Å². The largest absolute Gasteiger partial charge is 0.497 e. The Morgan fingerprint density at radius 1 is 1.00 bits per heavy atom. The van der Waals surface area contributed by atoms with E-state index in [2.05, 4.69) is 10.2 Å². The van der Waals surface area contributed by atoms with Crippen LogP contribution in [0.5, 0.6) is 5.75 Å². The lowest BCUT2D eigenvalue weighted by molar-refractivity contribution is -0.922. The molecule has 0 radical (unpaired) electrons. The molecule has 4 rings (SSSR count). The number of anilines is 2. The normalized spacial score (nSPS) is 15.4. The highest BCUT2D eigenvalue weighted by Crippen LogP contribution is 2.20. The Balaban J connectivity index is 1.50. The first-order valence-electron chi connectivity index (χ1n) is 10.5. The third-order valence-corrected chi connectivity index (χ3v) is 5.74. The van der Waals surface area contributed by atoms with Crippen molar-refractivity contribution in [2.45, 2.75) is 6.04 Å². The van der Waals surface area contributed by atoms with Crippen LogP contribution in [-0.2, 0) is 4.79 Å². The number of piperazine rings is 1. The third-order valence-electron chi connectivity index (χ3n) is 5.74. The Kier molecular flexibility index (Phi) is 6.48. The molecule has 1 heterocycles. The zero-order chi connectivity index (χ0) is 21.6.